The highest BCUT2D eigenvalue weighted by Crippen LogP contribution is 2.30. The maximum absolute atomic E-state index is 13.5. The summed E-state index contributed by atoms with van der Waals surface area (Å²) in [4.78, 5) is 12.3. The highest BCUT2D eigenvalue weighted by Gasteiger charge is 2.36. The minimum Gasteiger partial charge on any atom is -0.351 e. The summed E-state index contributed by atoms with van der Waals surface area (Å²) in [7, 11) is 0. The summed E-state index contributed by atoms with van der Waals surface area (Å²) >= 11 is 0. The number of halogens is 1. The summed E-state index contributed by atoms with van der Waals surface area (Å²) in [6.45, 7) is 7.18. The lowest BCUT2D eigenvalue weighted by Gasteiger charge is -2.38. The lowest BCUT2D eigenvalue weighted by Crippen LogP contribution is -2.55. The van der Waals surface area contributed by atoms with Crippen molar-refractivity contribution in [2.75, 3.05) is 6.54 Å². The van der Waals surface area contributed by atoms with Crippen LogP contribution in [0.5, 0.6) is 0 Å². The molecule has 1 aromatic carbocycles. The van der Waals surface area contributed by atoms with Crippen molar-refractivity contribution in [3.05, 3.63) is 35.1 Å². The third kappa shape index (κ3) is 3.37. The van der Waals surface area contributed by atoms with E-state index in [1.54, 1.807) is 13.0 Å². The summed E-state index contributed by atoms with van der Waals surface area (Å²) in [5.74, 6) is -0.233. The second-order valence-corrected chi connectivity index (χ2v) is 6.28. The molecule has 3 nitrogen and oxygen atoms in total. The Morgan fingerprint density at radius 2 is 2.25 bits per heavy atom. The minimum atomic E-state index is -0.229. The fourth-order valence-electron chi connectivity index (χ4n) is 2.70. The van der Waals surface area contributed by atoms with Gasteiger partial charge in [0.2, 0.25) is 5.91 Å². The zero-order chi connectivity index (χ0) is 14.8. The lowest BCUT2D eigenvalue weighted by atomic mass is 9.77. The first kappa shape index (κ1) is 15.0. The molecule has 0 aliphatic carbocycles. The third-order valence-electron chi connectivity index (χ3n) is 4.09. The van der Waals surface area contributed by atoms with Crippen molar-refractivity contribution >= 4 is 5.91 Å². The molecule has 4 heteroatoms. The zero-order valence-corrected chi connectivity index (χ0v) is 12.4. The fourth-order valence-corrected chi connectivity index (χ4v) is 2.70. The molecule has 20 heavy (non-hydrogen) atoms. The third-order valence-corrected chi connectivity index (χ3v) is 4.09. The second-order valence-electron chi connectivity index (χ2n) is 6.28. The van der Waals surface area contributed by atoms with Crippen LogP contribution in [0.25, 0.3) is 0 Å². The van der Waals surface area contributed by atoms with Crippen LogP contribution < -0.4 is 10.6 Å². The number of nitrogens with one attached hydrogen (secondary N) is 2. The van der Waals surface area contributed by atoms with Crippen LogP contribution in [0.2, 0.25) is 0 Å². The summed E-state index contributed by atoms with van der Waals surface area (Å²) in [5.41, 5.74) is 1.37. The topological polar surface area (TPSA) is 41.1 Å². The molecule has 2 rings (SSSR count). The van der Waals surface area contributed by atoms with Gasteiger partial charge in [-0.05, 0) is 48.9 Å². The van der Waals surface area contributed by atoms with Gasteiger partial charge >= 0.3 is 0 Å². The Kier molecular flexibility index (Phi) is 4.43. The van der Waals surface area contributed by atoms with E-state index < -0.39 is 0 Å². The van der Waals surface area contributed by atoms with Gasteiger partial charge in [-0.25, -0.2) is 4.39 Å². The average Bonchev–Trinajstić information content (AvgIpc) is 2.39. The van der Waals surface area contributed by atoms with Gasteiger partial charge in [-0.1, -0.05) is 26.0 Å². The second kappa shape index (κ2) is 5.92. The molecule has 1 aliphatic rings. The van der Waals surface area contributed by atoms with Crippen LogP contribution in [0.1, 0.15) is 37.8 Å². The van der Waals surface area contributed by atoms with E-state index in [2.05, 4.69) is 24.5 Å². The summed E-state index contributed by atoms with van der Waals surface area (Å²) < 4.78 is 13.5. The lowest BCUT2D eigenvalue weighted by molar-refractivity contribution is -0.126. The molecule has 1 aromatic rings. The van der Waals surface area contributed by atoms with Gasteiger partial charge < -0.3 is 10.6 Å². The number of carbonyl (C=O) groups excluding carboxylic acids is 1. The molecule has 1 amide bonds. The summed E-state index contributed by atoms with van der Waals surface area (Å²) in [6.07, 6.45) is 2.14. The smallest absolute Gasteiger partial charge is 0.237 e. The Bertz CT molecular complexity index is 499. The molecule has 1 unspecified atom stereocenters. The van der Waals surface area contributed by atoms with Gasteiger partial charge in [0.25, 0.3) is 0 Å². The van der Waals surface area contributed by atoms with Gasteiger partial charge in [-0.15, -0.1) is 0 Å². The van der Waals surface area contributed by atoms with Crippen molar-refractivity contribution < 1.29 is 9.18 Å². The Hall–Kier alpha value is -1.42. The molecule has 1 heterocycles. The fraction of sp³-hybridized carbons (Fsp3) is 0.562. The monoisotopic (exact) mass is 278 g/mol. The van der Waals surface area contributed by atoms with Gasteiger partial charge in [0.1, 0.15) is 5.82 Å². The number of carbonyl (C=O) groups is 1. The zero-order valence-electron chi connectivity index (χ0n) is 12.4. The van der Waals surface area contributed by atoms with Crippen LogP contribution in [0.4, 0.5) is 4.39 Å². The molecule has 110 valence electrons. The Morgan fingerprint density at radius 3 is 2.90 bits per heavy atom. The van der Waals surface area contributed by atoms with E-state index in [0.29, 0.717) is 12.1 Å². The van der Waals surface area contributed by atoms with Crippen LogP contribution in [0, 0.1) is 18.2 Å². The van der Waals surface area contributed by atoms with Crippen molar-refractivity contribution in [1.82, 2.24) is 10.6 Å². The molecule has 1 atom stereocenters. The van der Waals surface area contributed by atoms with Gasteiger partial charge in [0.05, 0.1) is 6.04 Å². The highest BCUT2D eigenvalue weighted by atomic mass is 19.1. The number of hydrogen-bond donors (Lipinski definition) is 2. The van der Waals surface area contributed by atoms with E-state index in [1.165, 1.54) is 6.07 Å². The van der Waals surface area contributed by atoms with Gasteiger partial charge in [0.15, 0.2) is 0 Å². The standard InChI is InChI=1S/C16H23FN2O/c1-11-5-6-12(9-13(11)17)10-19-15(20)14-16(2,3)7-4-8-18-14/h5-6,9,14,18H,4,7-8,10H2,1-3H3,(H,19,20). The van der Waals surface area contributed by atoms with Crippen molar-refractivity contribution in [2.24, 2.45) is 5.41 Å². The first-order valence-corrected chi connectivity index (χ1v) is 7.16. The summed E-state index contributed by atoms with van der Waals surface area (Å²) in [5, 5.41) is 6.18. The predicted molar refractivity (Wildman–Crippen MR) is 77.8 cm³/mol. The Morgan fingerprint density at radius 1 is 1.50 bits per heavy atom. The number of benzene rings is 1. The normalized spacial score (nSPS) is 21.5. The highest BCUT2D eigenvalue weighted by molar-refractivity contribution is 5.82. The van der Waals surface area contributed by atoms with Crippen LogP contribution in [0.15, 0.2) is 18.2 Å². The number of piperidine rings is 1. The van der Waals surface area contributed by atoms with Crippen molar-refractivity contribution in [3.8, 4) is 0 Å². The Labute approximate surface area is 120 Å². The molecule has 0 radical (unpaired) electrons. The predicted octanol–water partition coefficient (Wildman–Crippen LogP) is 2.53. The van der Waals surface area contributed by atoms with E-state index in [1.807, 2.05) is 6.07 Å². The van der Waals surface area contributed by atoms with E-state index >= 15 is 0 Å². The SMILES string of the molecule is Cc1ccc(CNC(=O)C2NCCCC2(C)C)cc1F. The first-order chi connectivity index (χ1) is 9.40. The molecule has 1 saturated heterocycles. The van der Waals surface area contributed by atoms with Crippen LogP contribution in [0.3, 0.4) is 0 Å². The minimum absolute atomic E-state index is 0.00400. The molecule has 2 N–H and O–H groups in total. The molecule has 0 bridgehead atoms. The number of rotatable bonds is 3. The molecule has 0 saturated carbocycles. The quantitative estimate of drug-likeness (QED) is 0.892. The van der Waals surface area contributed by atoms with Crippen molar-refractivity contribution in [2.45, 2.75) is 46.2 Å². The number of hydrogen-bond acceptors (Lipinski definition) is 2. The van der Waals surface area contributed by atoms with Crippen molar-refractivity contribution in [3.63, 3.8) is 0 Å². The number of amides is 1. The molecular formula is C16H23FN2O. The molecular weight excluding hydrogens is 255 g/mol. The van der Waals surface area contributed by atoms with E-state index in [-0.39, 0.29) is 23.2 Å². The molecule has 0 spiro atoms. The maximum atomic E-state index is 13.5. The maximum Gasteiger partial charge on any atom is 0.237 e. The van der Waals surface area contributed by atoms with E-state index in [0.717, 1.165) is 24.9 Å². The van der Waals surface area contributed by atoms with Crippen LogP contribution >= 0.6 is 0 Å². The van der Waals surface area contributed by atoms with E-state index in [9.17, 15) is 9.18 Å². The number of aryl methyl sites for hydroxylation is 1. The van der Waals surface area contributed by atoms with Crippen molar-refractivity contribution in [1.29, 1.82) is 0 Å². The van der Waals surface area contributed by atoms with Gasteiger partial charge in [0, 0.05) is 6.54 Å². The van der Waals surface area contributed by atoms with E-state index in [4.69, 9.17) is 0 Å². The largest absolute Gasteiger partial charge is 0.351 e. The van der Waals surface area contributed by atoms with Gasteiger partial charge in [-0.2, -0.15) is 0 Å². The average molecular weight is 278 g/mol. The first-order valence-electron chi connectivity index (χ1n) is 7.16. The summed E-state index contributed by atoms with van der Waals surface area (Å²) in [6, 6.07) is 4.89. The molecule has 1 fully saturated rings. The van der Waals surface area contributed by atoms with Gasteiger partial charge in [-0.3, -0.25) is 4.79 Å². The van der Waals surface area contributed by atoms with Crippen LogP contribution in [-0.4, -0.2) is 18.5 Å². The molecule has 1 aliphatic heterocycles. The Balaban J connectivity index is 1.96. The van der Waals surface area contributed by atoms with Crippen LogP contribution in [-0.2, 0) is 11.3 Å². The molecule has 0 aromatic heterocycles.